The average Bonchev–Trinajstić information content (AvgIpc) is 3.02. The van der Waals surface area contributed by atoms with Crippen molar-refractivity contribution >= 4 is 12.0 Å². The monoisotopic (exact) mass is 321 g/mol. The second-order valence-corrected chi connectivity index (χ2v) is 6.82. The fourth-order valence-electron chi connectivity index (χ4n) is 3.25. The lowest BCUT2D eigenvalue weighted by molar-refractivity contribution is 0.0438. The maximum Gasteiger partial charge on any atom is 0.410 e. The highest BCUT2D eigenvalue weighted by Crippen LogP contribution is 2.32. The van der Waals surface area contributed by atoms with Crippen LogP contribution in [0, 0.1) is 0 Å². The predicted molar refractivity (Wildman–Crippen MR) is 82.2 cm³/mol. The first-order valence-corrected chi connectivity index (χ1v) is 8.10. The number of nitrogens with zero attached hydrogens (tertiary/aromatic N) is 3. The Morgan fingerprint density at radius 1 is 1.35 bits per heavy atom. The van der Waals surface area contributed by atoms with Crippen LogP contribution in [0.5, 0.6) is 0 Å². The third-order valence-corrected chi connectivity index (χ3v) is 4.64. The highest BCUT2D eigenvalue weighted by Gasteiger charge is 2.44. The van der Waals surface area contributed by atoms with Gasteiger partial charge in [0.05, 0.1) is 6.54 Å². The Kier molecular flexibility index (Phi) is 4.04. The molecule has 2 aliphatic heterocycles. The van der Waals surface area contributed by atoms with Gasteiger partial charge in [0.25, 0.3) is 5.91 Å². The Morgan fingerprint density at radius 3 is 2.74 bits per heavy atom. The molecule has 0 unspecified atom stereocenters. The Morgan fingerprint density at radius 2 is 2.13 bits per heavy atom. The predicted octanol–water partition coefficient (Wildman–Crippen LogP) is 2.24. The molecule has 1 spiro atoms. The van der Waals surface area contributed by atoms with Crippen molar-refractivity contribution in [2.75, 3.05) is 26.7 Å². The number of amides is 2. The maximum atomic E-state index is 12.6. The fraction of sp³-hybridized carbons (Fsp3) is 0.688. The lowest BCUT2D eigenvalue weighted by Gasteiger charge is -2.25. The Bertz CT molecular complexity index is 612. The molecule has 0 aromatic carbocycles. The molecule has 7 heteroatoms. The zero-order valence-electron chi connectivity index (χ0n) is 13.9. The topological polar surface area (TPSA) is 75.9 Å². The van der Waals surface area contributed by atoms with E-state index in [-0.39, 0.29) is 17.9 Å². The lowest BCUT2D eigenvalue weighted by atomic mass is 9.95. The summed E-state index contributed by atoms with van der Waals surface area (Å²) in [6, 6.07) is 1.72. The summed E-state index contributed by atoms with van der Waals surface area (Å²) in [7, 11) is 1.74. The van der Waals surface area contributed by atoms with Crippen LogP contribution in [0.25, 0.3) is 0 Å². The van der Waals surface area contributed by atoms with Crippen LogP contribution in [0.15, 0.2) is 10.6 Å². The van der Waals surface area contributed by atoms with Crippen LogP contribution in [-0.4, -0.2) is 59.2 Å². The summed E-state index contributed by atoms with van der Waals surface area (Å²) in [5.41, 5.74) is -0.0986. The van der Waals surface area contributed by atoms with E-state index in [0.29, 0.717) is 37.5 Å². The van der Waals surface area contributed by atoms with Crippen LogP contribution in [0.4, 0.5) is 4.79 Å². The van der Waals surface area contributed by atoms with Gasteiger partial charge < -0.3 is 19.1 Å². The molecule has 0 saturated carbocycles. The molecule has 0 radical (unpaired) electrons. The van der Waals surface area contributed by atoms with Crippen molar-refractivity contribution in [3.63, 3.8) is 0 Å². The van der Waals surface area contributed by atoms with Gasteiger partial charge in [-0.05, 0) is 12.8 Å². The molecule has 0 N–H and O–H groups in total. The lowest BCUT2D eigenvalue weighted by Crippen LogP contribution is -2.37. The normalized spacial score (nSPS) is 25.1. The molecule has 0 aliphatic carbocycles. The quantitative estimate of drug-likeness (QED) is 0.835. The van der Waals surface area contributed by atoms with Gasteiger partial charge in [0.15, 0.2) is 5.69 Å². The van der Waals surface area contributed by atoms with Crippen LogP contribution in [0.3, 0.4) is 0 Å². The average molecular weight is 321 g/mol. The molecule has 2 saturated heterocycles. The molecule has 7 nitrogen and oxygen atoms in total. The molecule has 126 valence electrons. The number of likely N-dealkylation sites (N-methyl/N-ethyl adjacent to an activating group) is 1. The Labute approximate surface area is 135 Å². The van der Waals surface area contributed by atoms with E-state index in [1.54, 1.807) is 22.9 Å². The number of ether oxygens (including phenoxy) is 1. The zero-order chi connectivity index (χ0) is 16.6. The number of carbonyl (C=O) groups is 2. The molecule has 0 bridgehead atoms. The van der Waals surface area contributed by atoms with Crippen molar-refractivity contribution in [1.82, 2.24) is 15.0 Å². The van der Waals surface area contributed by atoms with Gasteiger partial charge in [-0.15, -0.1) is 0 Å². The summed E-state index contributed by atoms with van der Waals surface area (Å²) < 4.78 is 10.8. The van der Waals surface area contributed by atoms with E-state index in [2.05, 4.69) is 5.16 Å². The number of carbonyl (C=O) groups excluding carboxylic acids is 2. The van der Waals surface area contributed by atoms with Gasteiger partial charge in [-0.2, -0.15) is 0 Å². The second kappa shape index (κ2) is 5.86. The fourth-order valence-corrected chi connectivity index (χ4v) is 3.25. The van der Waals surface area contributed by atoms with Crippen molar-refractivity contribution in [3.05, 3.63) is 17.5 Å². The van der Waals surface area contributed by atoms with Gasteiger partial charge in [-0.1, -0.05) is 19.0 Å². The molecule has 2 amide bonds. The van der Waals surface area contributed by atoms with E-state index in [0.717, 1.165) is 12.8 Å². The maximum absolute atomic E-state index is 12.6. The van der Waals surface area contributed by atoms with Crippen LogP contribution in [0.2, 0.25) is 0 Å². The minimum Gasteiger partial charge on any atom is -0.441 e. The SMILES string of the molecule is CC(C)c1cc(C(=O)N2CCC[C@]3(CC2)CN(C)C(=O)O3)no1. The highest BCUT2D eigenvalue weighted by molar-refractivity contribution is 5.92. The van der Waals surface area contributed by atoms with Gasteiger partial charge >= 0.3 is 6.09 Å². The summed E-state index contributed by atoms with van der Waals surface area (Å²) >= 11 is 0. The summed E-state index contributed by atoms with van der Waals surface area (Å²) in [6.07, 6.45) is 1.97. The highest BCUT2D eigenvalue weighted by atomic mass is 16.6. The smallest absolute Gasteiger partial charge is 0.410 e. The molecular formula is C16H23N3O4. The number of likely N-dealkylation sites (tertiary alicyclic amines) is 1. The standard InChI is InChI=1S/C16H23N3O4/c1-11(2)13-9-12(17-23-13)14(20)19-7-4-5-16(6-8-19)10-18(3)15(21)22-16/h9,11H,4-8,10H2,1-3H3/t16-/m0/s1. The van der Waals surface area contributed by atoms with E-state index in [4.69, 9.17) is 9.26 Å². The number of hydrogen-bond donors (Lipinski definition) is 0. The van der Waals surface area contributed by atoms with Crippen molar-refractivity contribution < 1.29 is 18.8 Å². The molecular weight excluding hydrogens is 298 g/mol. The first-order valence-electron chi connectivity index (χ1n) is 8.10. The number of rotatable bonds is 2. The summed E-state index contributed by atoms with van der Waals surface area (Å²) in [6.45, 7) is 5.79. The molecule has 23 heavy (non-hydrogen) atoms. The van der Waals surface area contributed by atoms with Crippen LogP contribution >= 0.6 is 0 Å². The van der Waals surface area contributed by atoms with Crippen LogP contribution < -0.4 is 0 Å². The van der Waals surface area contributed by atoms with Gasteiger partial charge in [0, 0.05) is 38.5 Å². The first-order chi connectivity index (χ1) is 10.9. The van der Waals surface area contributed by atoms with E-state index in [1.165, 1.54) is 0 Å². The summed E-state index contributed by atoms with van der Waals surface area (Å²) in [4.78, 5) is 27.7. The number of aromatic nitrogens is 1. The van der Waals surface area contributed by atoms with Crippen molar-refractivity contribution in [1.29, 1.82) is 0 Å². The van der Waals surface area contributed by atoms with E-state index in [1.807, 2.05) is 13.8 Å². The van der Waals surface area contributed by atoms with Crippen LogP contribution in [0.1, 0.15) is 55.3 Å². The molecule has 3 heterocycles. The van der Waals surface area contributed by atoms with Gasteiger partial charge in [-0.3, -0.25) is 4.79 Å². The second-order valence-electron chi connectivity index (χ2n) is 6.82. The molecule has 2 aliphatic rings. The van der Waals surface area contributed by atoms with E-state index < -0.39 is 5.60 Å². The first kappa shape index (κ1) is 15.8. The van der Waals surface area contributed by atoms with Crippen LogP contribution in [-0.2, 0) is 4.74 Å². The summed E-state index contributed by atoms with van der Waals surface area (Å²) in [5.74, 6) is 0.797. The summed E-state index contributed by atoms with van der Waals surface area (Å²) in [5, 5.41) is 3.90. The van der Waals surface area contributed by atoms with Crippen molar-refractivity contribution in [2.45, 2.75) is 44.6 Å². The Balaban J connectivity index is 1.68. The van der Waals surface area contributed by atoms with E-state index in [9.17, 15) is 9.59 Å². The third kappa shape index (κ3) is 3.04. The van der Waals surface area contributed by atoms with Gasteiger partial charge in [0.2, 0.25) is 0 Å². The third-order valence-electron chi connectivity index (χ3n) is 4.64. The largest absolute Gasteiger partial charge is 0.441 e. The van der Waals surface area contributed by atoms with Gasteiger partial charge in [-0.25, -0.2) is 4.79 Å². The van der Waals surface area contributed by atoms with Crippen molar-refractivity contribution in [2.24, 2.45) is 0 Å². The number of hydrogen-bond acceptors (Lipinski definition) is 5. The van der Waals surface area contributed by atoms with E-state index >= 15 is 0 Å². The zero-order valence-corrected chi connectivity index (χ0v) is 13.9. The molecule has 1 atom stereocenters. The molecule has 3 rings (SSSR count). The minimum absolute atomic E-state index is 0.115. The Hall–Kier alpha value is -2.05. The van der Waals surface area contributed by atoms with Gasteiger partial charge in [0.1, 0.15) is 11.4 Å². The molecule has 1 aromatic rings. The minimum atomic E-state index is -0.451. The molecule has 2 fully saturated rings. The molecule has 1 aromatic heterocycles. The van der Waals surface area contributed by atoms with Crippen molar-refractivity contribution in [3.8, 4) is 0 Å².